The lowest BCUT2D eigenvalue weighted by Crippen LogP contribution is -2.14. The molecule has 0 radical (unpaired) electrons. The van der Waals surface area contributed by atoms with E-state index in [1.54, 1.807) is 24.3 Å². The van der Waals surface area contributed by atoms with Gasteiger partial charge in [-0.15, -0.1) is 0 Å². The van der Waals surface area contributed by atoms with Gasteiger partial charge in [0.1, 0.15) is 0 Å². The maximum atomic E-state index is 12.3. The molecular weight excluding hydrogens is 309 g/mol. The first-order valence-electron chi connectivity index (χ1n) is 6.01. The Kier molecular flexibility index (Phi) is 5.18. The maximum Gasteiger partial charge on any atom is 0.257 e. The van der Waals surface area contributed by atoms with Crippen LogP contribution < -0.4 is 11.1 Å². The molecule has 0 aliphatic heterocycles. The molecular formula is C15H11Cl2N3O. The Balaban J connectivity index is 2.28. The van der Waals surface area contributed by atoms with Crippen molar-refractivity contribution in [2.45, 2.75) is 0 Å². The molecule has 1 heterocycles. The lowest BCUT2D eigenvalue weighted by Gasteiger charge is -2.08. The zero-order valence-corrected chi connectivity index (χ0v) is 12.4. The van der Waals surface area contributed by atoms with Gasteiger partial charge < -0.3 is 11.1 Å². The molecule has 21 heavy (non-hydrogen) atoms. The second kappa shape index (κ2) is 7.09. The third-order valence-electron chi connectivity index (χ3n) is 2.57. The fourth-order valence-electron chi connectivity index (χ4n) is 1.62. The summed E-state index contributed by atoms with van der Waals surface area (Å²) in [6.45, 7) is 0.207. The van der Waals surface area contributed by atoms with Crippen LogP contribution in [-0.2, 0) is 0 Å². The molecule has 4 nitrogen and oxygen atoms in total. The monoisotopic (exact) mass is 319 g/mol. The molecule has 2 aromatic rings. The zero-order valence-electron chi connectivity index (χ0n) is 10.9. The summed E-state index contributed by atoms with van der Waals surface area (Å²) < 4.78 is 0. The number of amides is 1. The molecule has 0 fully saturated rings. The second-order valence-electron chi connectivity index (χ2n) is 4.01. The van der Waals surface area contributed by atoms with Crippen molar-refractivity contribution in [2.75, 3.05) is 11.9 Å². The van der Waals surface area contributed by atoms with Gasteiger partial charge in [-0.05, 0) is 24.3 Å². The first-order chi connectivity index (χ1) is 10.1. The van der Waals surface area contributed by atoms with Crippen molar-refractivity contribution in [3.8, 4) is 11.8 Å². The summed E-state index contributed by atoms with van der Waals surface area (Å²) in [7, 11) is 0. The standard InChI is InChI=1S/C15H11Cl2N3O/c16-11-3-4-14(13(17)8-11)20-15(21)12-5-7-19-9-10(12)2-1-6-18/h3-5,7-9H,6,18H2,(H,20,21). The Morgan fingerprint density at radius 2 is 2.14 bits per heavy atom. The van der Waals surface area contributed by atoms with Crippen molar-refractivity contribution < 1.29 is 4.79 Å². The molecule has 0 spiro atoms. The molecule has 0 aliphatic carbocycles. The van der Waals surface area contributed by atoms with Gasteiger partial charge in [0.2, 0.25) is 0 Å². The number of halogens is 2. The number of anilines is 1. The maximum absolute atomic E-state index is 12.3. The number of nitrogens with one attached hydrogen (secondary N) is 1. The van der Waals surface area contributed by atoms with Crippen LogP contribution in [0.1, 0.15) is 15.9 Å². The van der Waals surface area contributed by atoms with Gasteiger partial charge in [0.05, 0.1) is 28.4 Å². The molecule has 2 rings (SSSR count). The molecule has 106 valence electrons. The number of benzene rings is 1. The van der Waals surface area contributed by atoms with E-state index in [1.807, 2.05) is 0 Å². The minimum atomic E-state index is -0.331. The number of hydrogen-bond acceptors (Lipinski definition) is 3. The van der Waals surface area contributed by atoms with E-state index in [9.17, 15) is 4.79 Å². The summed E-state index contributed by atoms with van der Waals surface area (Å²) in [6.07, 6.45) is 3.03. The first kappa shape index (κ1) is 15.3. The van der Waals surface area contributed by atoms with E-state index in [-0.39, 0.29) is 12.5 Å². The predicted molar refractivity (Wildman–Crippen MR) is 84.6 cm³/mol. The minimum Gasteiger partial charge on any atom is -0.321 e. The van der Waals surface area contributed by atoms with Crippen molar-refractivity contribution in [2.24, 2.45) is 5.73 Å². The molecule has 3 N–H and O–H groups in total. The van der Waals surface area contributed by atoms with Crippen LogP contribution in [0.15, 0.2) is 36.7 Å². The average Bonchev–Trinajstić information content (AvgIpc) is 2.48. The molecule has 0 atom stereocenters. The Morgan fingerprint density at radius 3 is 2.86 bits per heavy atom. The fourth-order valence-corrected chi connectivity index (χ4v) is 2.07. The Hall–Kier alpha value is -2.06. The highest BCUT2D eigenvalue weighted by Crippen LogP contribution is 2.26. The van der Waals surface area contributed by atoms with Gasteiger partial charge in [-0.25, -0.2) is 0 Å². The molecule has 1 aromatic carbocycles. The quantitative estimate of drug-likeness (QED) is 0.836. The fraction of sp³-hybridized carbons (Fsp3) is 0.0667. The van der Waals surface area contributed by atoms with E-state index in [4.69, 9.17) is 28.9 Å². The van der Waals surface area contributed by atoms with Crippen LogP contribution in [0, 0.1) is 11.8 Å². The van der Waals surface area contributed by atoms with Crippen molar-refractivity contribution in [1.29, 1.82) is 0 Å². The van der Waals surface area contributed by atoms with Gasteiger partial charge in [0.15, 0.2) is 0 Å². The summed E-state index contributed by atoms with van der Waals surface area (Å²) in [5.41, 5.74) is 6.71. The number of nitrogens with two attached hydrogens (primary N) is 1. The van der Waals surface area contributed by atoms with E-state index < -0.39 is 0 Å². The average molecular weight is 320 g/mol. The molecule has 0 bridgehead atoms. The molecule has 0 aliphatic rings. The SMILES string of the molecule is NCC#Cc1cnccc1C(=O)Nc1ccc(Cl)cc1Cl. The van der Waals surface area contributed by atoms with Crippen LogP contribution in [0.2, 0.25) is 10.0 Å². The van der Waals surface area contributed by atoms with Crippen LogP contribution in [-0.4, -0.2) is 17.4 Å². The van der Waals surface area contributed by atoms with Crippen LogP contribution in [0.5, 0.6) is 0 Å². The van der Waals surface area contributed by atoms with Crippen molar-refractivity contribution in [3.63, 3.8) is 0 Å². The summed E-state index contributed by atoms with van der Waals surface area (Å²) >= 11 is 11.8. The van der Waals surface area contributed by atoms with E-state index in [0.29, 0.717) is 26.9 Å². The number of carbonyl (C=O) groups excluding carboxylic acids is 1. The summed E-state index contributed by atoms with van der Waals surface area (Å²) in [5, 5.41) is 3.57. The van der Waals surface area contributed by atoms with Crippen LogP contribution in [0.25, 0.3) is 0 Å². The van der Waals surface area contributed by atoms with Crippen molar-refractivity contribution >= 4 is 34.8 Å². The molecule has 1 amide bonds. The third-order valence-corrected chi connectivity index (χ3v) is 3.12. The van der Waals surface area contributed by atoms with Gasteiger partial charge in [-0.2, -0.15) is 0 Å². The molecule has 6 heteroatoms. The van der Waals surface area contributed by atoms with E-state index in [0.717, 1.165) is 0 Å². The van der Waals surface area contributed by atoms with Gasteiger partial charge >= 0.3 is 0 Å². The highest BCUT2D eigenvalue weighted by molar-refractivity contribution is 6.36. The first-order valence-corrected chi connectivity index (χ1v) is 6.76. The Bertz CT molecular complexity index is 735. The number of carbonyl (C=O) groups is 1. The van der Waals surface area contributed by atoms with Gasteiger partial charge in [0, 0.05) is 17.4 Å². The highest BCUT2D eigenvalue weighted by Gasteiger charge is 2.12. The summed E-state index contributed by atoms with van der Waals surface area (Å²) in [4.78, 5) is 16.3. The van der Waals surface area contributed by atoms with Gasteiger partial charge in [-0.3, -0.25) is 9.78 Å². The molecule has 0 saturated carbocycles. The van der Waals surface area contributed by atoms with E-state index in [1.165, 1.54) is 12.4 Å². The number of rotatable bonds is 2. The van der Waals surface area contributed by atoms with Crippen LogP contribution in [0.4, 0.5) is 5.69 Å². The van der Waals surface area contributed by atoms with Gasteiger partial charge in [-0.1, -0.05) is 35.0 Å². The normalized spacial score (nSPS) is 9.67. The minimum absolute atomic E-state index is 0.207. The van der Waals surface area contributed by atoms with E-state index >= 15 is 0 Å². The number of hydrogen-bond donors (Lipinski definition) is 2. The van der Waals surface area contributed by atoms with Gasteiger partial charge in [0.25, 0.3) is 5.91 Å². The summed E-state index contributed by atoms with van der Waals surface area (Å²) in [5.74, 6) is 5.18. The Morgan fingerprint density at radius 1 is 1.33 bits per heavy atom. The third kappa shape index (κ3) is 3.96. The van der Waals surface area contributed by atoms with E-state index in [2.05, 4.69) is 22.1 Å². The zero-order chi connectivity index (χ0) is 15.2. The molecule has 0 unspecified atom stereocenters. The van der Waals surface area contributed by atoms with Crippen LogP contribution >= 0.6 is 23.2 Å². The number of pyridine rings is 1. The Labute approximate surface area is 132 Å². The number of aromatic nitrogens is 1. The highest BCUT2D eigenvalue weighted by atomic mass is 35.5. The molecule has 0 saturated heterocycles. The van der Waals surface area contributed by atoms with Crippen molar-refractivity contribution in [1.82, 2.24) is 4.98 Å². The number of nitrogens with zero attached hydrogens (tertiary/aromatic N) is 1. The second-order valence-corrected chi connectivity index (χ2v) is 4.85. The largest absolute Gasteiger partial charge is 0.321 e. The lowest BCUT2D eigenvalue weighted by atomic mass is 10.1. The smallest absolute Gasteiger partial charge is 0.257 e. The van der Waals surface area contributed by atoms with Crippen LogP contribution in [0.3, 0.4) is 0 Å². The topological polar surface area (TPSA) is 68.0 Å². The predicted octanol–water partition coefficient (Wildman–Crippen LogP) is 2.95. The lowest BCUT2D eigenvalue weighted by molar-refractivity contribution is 0.102. The van der Waals surface area contributed by atoms with Crippen molar-refractivity contribution in [3.05, 3.63) is 57.8 Å². The molecule has 1 aromatic heterocycles. The summed E-state index contributed by atoms with van der Waals surface area (Å²) in [6, 6.07) is 6.42.